The minimum Gasteiger partial charge on any atom is -0.384 e. The fourth-order valence-corrected chi connectivity index (χ4v) is 2.72. The molecule has 1 saturated heterocycles. The second kappa shape index (κ2) is 6.16. The molecule has 0 aliphatic carbocycles. The molecule has 1 aromatic carbocycles. The Labute approximate surface area is 108 Å². The summed E-state index contributed by atoms with van der Waals surface area (Å²) in [5, 5.41) is 0. The summed E-state index contributed by atoms with van der Waals surface area (Å²) in [5.74, 6) is 0.310. The monoisotopic (exact) mass is 252 g/mol. The lowest BCUT2D eigenvalue weighted by Gasteiger charge is -2.35. The molecule has 0 bridgehead atoms. The van der Waals surface area contributed by atoms with Crippen molar-refractivity contribution in [3.8, 4) is 0 Å². The van der Waals surface area contributed by atoms with Crippen LogP contribution >= 0.6 is 0 Å². The molecule has 100 valence electrons. The van der Waals surface area contributed by atoms with Gasteiger partial charge in [-0.15, -0.1) is 0 Å². The molecule has 1 aliphatic rings. The highest BCUT2D eigenvalue weighted by Gasteiger charge is 2.23. The number of nitrogens with two attached hydrogens (primary N) is 1. The zero-order valence-corrected chi connectivity index (χ0v) is 10.9. The standard InChI is InChI=1S/C14H21FN2O/c1-18-10-11-4-3-7-17(9-11)14-12(8-16)5-2-6-13(14)15/h2,5-6,11H,3-4,7-10,16H2,1H3. The van der Waals surface area contributed by atoms with Crippen LogP contribution in [0.5, 0.6) is 0 Å². The van der Waals surface area contributed by atoms with Crippen molar-refractivity contribution in [3.63, 3.8) is 0 Å². The summed E-state index contributed by atoms with van der Waals surface area (Å²) >= 11 is 0. The summed E-state index contributed by atoms with van der Waals surface area (Å²) in [6.07, 6.45) is 2.23. The van der Waals surface area contributed by atoms with Gasteiger partial charge in [0.15, 0.2) is 0 Å². The molecule has 0 saturated carbocycles. The van der Waals surface area contributed by atoms with Gasteiger partial charge in [-0.1, -0.05) is 12.1 Å². The van der Waals surface area contributed by atoms with Gasteiger partial charge in [0.1, 0.15) is 5.82 Å². The lowest BCUT2D eigenvalue weighted by Crippen LogP contribution is -2.38. The average molecular weight is 252 g/mol. The van der Waals surface area contributed by atoms with E-state index in [9.17, 15) is 4.39 Å². The molecule has 1 aromatic rings. The first-order chi connectivity index (χ1) is 8.76. The van der Waals surface area contributed by atoms with Crippen molar-refractivity contribution in [3.05, 3.63) is 29.6 Å². The number of halogens is 1. The van der Waals surface area contributed by atoms with Gasteiger partial charge in [-0.25, -0.2) is 4.39 Å². The van der Waals surface area contributed by atoms with Gasteiger partial charge in [0.2, 0.25) is 0 Å². The Morgan fingerprint density at radius 3 is 3.06 bits per heavy atom. The number of hydrogen-bond acceptors (Lipinski definition) is 3. The fraction of sp³-hybridized carbons (Fsp3) is 0.571. The number of hydrogen-bond donors (Lipinski definition) is 1. The first-order valence-corrected chi connectivity index (χ1v) is 6.47. The molecule has 1 aliphatic heterocycles. The van der Waals surface area contributed by atoms with Gasteiger partial charge < -0.3 is 15.4 Å². The molecule has 1 fully saturated rings. The highest BCUT2D eigenvalue weighted by Crippen LogP contribution is 2.29. The van der Waals surface area contributed by atoms with Crippen LogP contribution < -0.4 is 10.6 Å². The summed E-state index contributed by atoms with van der Waals surface area (Å²) in [6.45, 7) is 2.86. The number of piperidine rings is 1. The summed E-state index contributed by atoms with van der Waals surface area (Å²) < 4.78 is 19.2. The second-order valence-electron chi connectivity index (χ2n) is 4.86. The van der Waals surface area contributed by atoms with Crippen LogP contribution in [0.1, 0.15) is 18.4 Å². The van der Waals surface area contributed by atoms with E-state index < -0.39 is 0 Å². The summed E-state index contributed by atoms with van der Waals surface area (Å²) in [7, 11) is 1.72. The number of para-hydroxylation sites is 1. The third-order valence-electron chi connectivity index (χ3n) is 3.53. The van der Waals surface area contributed by atoms with Gasteiger partial charge in [0.05, 0.1) is 12.3 Å². The molecule has 18 heavy (non-hydrogen) atoms. The highest BCUT2D eigenvalue weighted by molar-refractivity contribution is 5.55. The van der Waals surface area contributed by atoms with Gasteiger partial charge in [-0.05, 0) is 30.4 Å². The molecule has 0 spiro atoms. The molecule has 2 rings (SSSR count). The normalized spacial score (nSPS) is 20.2. The van der Waals surface area contributed by atoms with E-state index in [1.807, 2.05) is 6.07 Å². The van der Waals surface area contributed by atoms with Crippen LogP contribution in [0, 0.1) is 11.7 Å². The van der Waals surface area contributed by atoms with E-state index in [4.69, 9.17) is 10.5 Å². The van der Waals surface area contributed by atoms with Crippen LogP contribution in [0.15, 0.2) is 18.2 Å². The summed E-state index contributed by atoms with van der Waals surface area (Å²) in [4.78, 5) is 2.12. The Morgan fingerprint density at radius 2 is 2.33 bits per heavy atom. The van der Waals surface area contributed by atoms with Crippen LogP contribution in [0.3, 0.4) is 0 Å². The minimum atomic E-state index is -0.170. The smallest absolute Gasteiger partial charge is 0.146 e. The maximum atomic E-state index is 14.0. The van der Waals surface area contributed by atoms with Gasteiger partial charge in [0.25, 0.3) is 0 Å². The average Bonchev–Trinajstić information content (AvgIpc) is 2.39. The number of ether oxygens (including phenoxy) is 1. The van der Waals surface area contributed by atoms with Gasteiger partial charge >= 0.3 is 0 Å². The molecular weight excluding hydrogens is 231 g/mol. The predicted molar refractivity (Wildman–Crippen MR) is 71.1 cm³/mol. The van der Waals surface area contributed by atoms with E-state index >= 15 is 0 Å². The third kappa shape index (κ3) is 2.82. The molecule has 0 amide bonds. The molecule has 1 heterocycles. The van der Waals surface area contributed by atoms with E-state index in [1.165, 1.54) is 6.07 Å². The van der Waals surface area contributed by atoms with Crippen molar-refractivity contribution >= 4 is 5.69 Å². The number of rotatable bonds is 4. The number of methoxy groups -OCH3 is 1. The van der Waals surface area contributed by atoms with Crippen LogP contribution in [-0.2, 0) is 11.3 Å². The third-order valence-corrected chi connectivity index (χ3v) is 3.53. The molecule has 0 aromatic heterocycles. The van der Waals surface area contributed by atoms with Crippen molar-refractivity contribution in [1.82, 2.24) is 0 Å². The zero-order chi connectivity index (χ0) is 13.0. The van der Waals surface area contributed by atoms with Crippen molar-refractivity contribution in [1.29, 1.82) is 0 Å². The van der Waals surface area contributed by atoms with E-state index in [2.05, 4.69) is 4.90 Å². The maximum absolute atomic E-state index is 14.0. The molecular formula is C14H21FN2O. The van der Waals surface area contributed by atoms with E-state index in [0.29, 0.717) is 18.2 Å². The molecule has 1 atom stereocenters. The van der Waals surface area contributed by atoms with Crippen molar-refractivity contribution in [2.75, 3.05) is 31.7 Å². The SMILES string of the molecule is COCC1CCCN(c2c(F)cccc2CN)C1. The van der Waals surface area contributed by atoms with Gasteiger partial charge in [-0.3, -0.25) is 0 Å². The summed E-state index contributed by atoms with van der Waals surface area (Å²) in [6, 6.07) is 5.13. The van der Waals surface area contributed by atoms with Crippen molar-refractivity contribution in [2.24, 2.45) is 11.7 Å². The van der Waals surface area contributed by atoms with Gasteiger partial charge in [-0.2, -0.15) is 0 Å². The first-order valence-electron chi connectivity index (χ1n) is 6.47. The van der Waals surface area contributed by atoms with Crippen molar-refractivity contribution in [2.45, 2.75) is 19.4 Å². The lowest BCUT2D eigenvalue weighted by atomic mass is 9.97. The largest absolute Gasteiger partial charge is 0.384 e. The highest BCUT2D eigenvalue weighted by atomic mass is 19.1. The Kier molecular flexibility index (Phi) is 4.55. The quantitative estimate of drug-likeness (QED) is 0.892. The molecule has 4 heteroatoms. The Hall–Kier alpha value is -1.13. The van der Waals surface area contributed by atoms with Crippen LogP contribution in [0.25, 0.3) is 0 Å². The predicted octanol–water partition coefficient (Wildman–Crippen LogP) is 2.15. The van der Waals surface area contributed by atoms with E-state index in [-0.39, 0.29) is 5.82 Å². The van der Waals surface area contributed by atoms with Gasteiger partial charge in [0, 0.05) is 26.7 Å². The molecule has 0 radical (unpaired) electrons. The van der Waals surface area contributed by atoms with Crippen LogP contribution in [0.4, 0.5) is 10.1 Å². The lowest BCUT2D eigenvalue weighted by molar-refractivity contribution is 0.143. The van der Waals surface area contributed by atoms with E-state index in [0.717, 1.165) is 38.1 Å². The molecule has 1 unspecified atom stereocenters. The van der Waals surface area contributed by atoms with E-state index in [1.54, 1.807) is 13.2 Å². The number of nitrogens with zero attached hydrogens (tertiary/aromatic N) is 1. The van der Waals surface area contributed by atoms with Crippen molar-refractivity contribution < 1.29 is 9.13 Å². The van der Waals surface area contributed by atoms with Crippen LogP contribution in [-0.4, -0.2) is 26.8 Å². The first kappa shape index (κ1) is 13.3. The Morgan fingerprint density at radius 1 is 1.50 bits per heavy atom. The second-order valence-corrected chi connectivity index (χ2v) is 4.86. The van der Waals surface area contributed by atoms with Crippen LogP contribution in [0.2, 0.25) is 0 Å². The number of anilines is 1. The Bertz CT molecular complexity index is 395. The Balaban J connectivity index is 2.20. The summed E-state index contributed by atoms with van der Waals surface area (Å²) in [5.41, 5.74) is 7.27. The molecule has 2 N–H and O–H groups in total. The maximum Gasteiger partial charge on any atom is 0.146 e. The fourth-order valence-electron chi connectivity index (χ4n) is 2.72. The zero-order valence-electron chi connectivity index (χ0n) is 10.9. The number of benzene rings is 1. The molecule has 3 nitrogen and oxygen atoms in total. The topological polar surface area (TPSA) is 38.5 Å². The minimum absolute atomic E-state index is 0.170.